The summed E-state index contributed by atoms with van der Waals surface area (Å²) in [7, 11) is 0. The van der Waals surface area contributed by atoms with Crippen LogP contribution in [0.15, 0.2) is 24.0 Å². The molecule has 2 heterocycles. The molecule has 1 aliphatic heterocycles. The van der Waals surface area contributed by atoms with E-state index in [-0.39, 0.29) is 11.9 Å². The van der Waals surface area contributed by atoms with Crippen molar-refractivity contribution in [3.63, 3.8) is 0 Å². The van der Waals surface area contributed by atoms with E-state index >= 15 is 0 Å². The number of halogens is 4. The number of likely N-dealkylation sites (tertiary alicyclic amines) is 1. The zero-order valence-electron chi connectivity index (χ0n) is 15.6. The molecule has 27 heavy (non-hydrogen) atoms. The van der Waals surface area contributed by atoms with Gasteiger partial charge in [0.2, 0.25) is 5.91 Å². The number of aromatic nitrogens is 2. The van der Waals surface area contributed by atoms with Gasteiger partial charge in [-0.15, -0.1) is 13.2 Å². The van der Waals surface area contributed by atoms with E-state index in [1.54, 1.807) is 12.4 Å². The lowest BCUT2D eigenvalue weighted by molar-refractivity contribution is -0.295. The molecule has 10 heteroatoms. The molecule has 1 saturated heterocycles. The van der Waals surface area contributed by atoms with E-state index in [2.05, 4.69) is 22.2 Å². The predicted octanol–water partition coefficient (Wildman–Crippen LogP) is 3.72. The van der Waals surface area contributed by atoms with Crippen LogP contribution in [-0.2, 0) is 11.2 Å². The normalized spacial score (nSPS) is 14.3. The molecule has 0 radical (unpaired) electrons. The van der Waals surface area contributed by atoms with Gasteiger partial charge in [0.25, 0.3) is 0 Å². The van der Waals surface area contributed by atoms with Crippen molar-refractivity contribution in [1.82, 2.24) is 14.9 Å². The maximum Gasteiger partial charge on any atom is 0.519 e. The first-order chi connectivity index (χ1) is 12.6. The SMILES string of the molecule is C/C=C/Cl.CCCc1cc(N[C@H](C)C(=O)N2CCC2)ncn1.OC(F)(F)F. The second-order valence-corrected chi connectivity index (χ2v) is 5.87. The molecule has 154 valence electrons. The standard InChI is InChI=1S/C13H20N4O.C3H5Cl.CHF3O/c1-3-5-11-8-12(15-9-14-11)16-10(2)13(18)17-6-4-7-17;1-2-3-4;2-1(3,4)5/h8-10H,3-7H2,1-2H3,(H,14,15,16);2-3H,1H3;5H/b;3-2+;/t10-;;/m1../s1. The fourth-order valence-corrected chi connectivity index (χ4v) is 1.96. The van der Waals surface area contributed by atoms with Crippen molar-refractivity contribution in [2.45, 2.75) is 52.4 Å². The van der Waals surface area contributed by atoms with Gasteiger partial charge in [0.15, 0.2) is 0 Å². The second-order valence-electron chi connectivity index (χ2n) is 5.62. The van der Waals surface area contributed by atoms with E-state index in [0.29, 0.717) is 0 Å². The van der Waals surface area contributed by atoms with Crippen LogP contribution >= 0.6 is 11.6 Å². The summed E-state index contributed by atoms with van der Waals surface area (Å²) in [4.78, 5) is 22.2. The zero-order chi connectivity index (χ0) is 20.9. The summed E-state index contributed by atoms with van der Waals surface area (Å²) in [5.74, 6) is 0.881. The molecule has 2 N–H and O–H groups in total. The number of anilines is 1. The van der Waals surface area contributed by atoms with Crippen LogP contribution in [0, 0.1) is 0 Å². The zero-order valence-corrected chi connectivity index (χ0v) is 16.4. The Hall–Kier alpha value is -1.87. The molecular weight excluding hydrogens is 385 g/mol. The molecular formula is C17H26ClF3N4O2. The number of aliphatic hydroxyl groups is 1. The first-order valence-electron chi connectivity index (χ1n) is 8.49. The summed E-state index contributed by atoms with van der Waals surface area (Å²) in [6.07, 6.45) is 1.42. The Morgan fingerprint density at radius 3 is 2.41 bits per heavy atom. The molecule has 1 aromatic rings. The van der Waals surface area contributed by atoms with Gasteiger partial charge in [-0.25, -0.2) is 9.97 Å². The minimum atomic E-state index is -5.00. The lowest BCUT2D eigenvalue weighted by Gasteiger charge is -2.33. The third kappa shape index (κ3) is 13.0. The van der Waals surface area contributed by atoms with Crippen LogP contribution in [-0.4, -0.2) is 51.4 Å². The number of allylic oxidation sites excluding steroid dienone is 1. The first-order valence-corrected chi connectivity index (χ1v) is 8.92. The molecule has 6 nitrogen and oxygen atoms in total. The Morgan fingerprint density at radius 1 is 1.44 bits per heavy atom. The number of nitrogens with zero attached hydrogens (tertiary/aromatic N) is 3. The van der Waals surface area contributed by atoms with Gasteiger partial charge in [-0.2, -0.15) is 0 Å². The van der Waals surface area contributed by atoms with Crippen LogP contribution < -0.4 is 5.32 Å². The van der Waals surface area contributed by atoms with Gasteiger partial charge in [0.05, 0.1) is 0 Å². The van der Waals surface area contributed by atoms with Gasteiger partial charge in [-0.3, -0.25) is 4.79 Å². The highest BCUT2D eigenvalue weighted by molar-refractivity contribution is 6.25. The smallest absolute Gasteiger partial charge is 0.359 e. The fraction of sp³-hybridized carbons (Fsp3) is 0.588. The topological polar surface area (TPSA) is 78.4 Å². The average Bonchev–Trinajstić information content (AvgIpc) is 2.52. The van der Waals surface area contributed by atoms with Gasteiger partial charge in [-0.05, 0) is 32.2 Å². The van der Waals surface area contributed by atoms with Gasteiger partial charge in [-0.1, -0.05) is 31.0 Å². The largest absolute Gasteiger partial charge is 0.519 e. The van der Waals surface area contributed by atoms with E-state index in [1.807, 2.05) is 24.8 Å². The summed E-state index contributed by atoms with van der Waals surface area (Å²) in [5.41, 5.74) is 2.48. The summed E-state index contributed by atoms with van der Waals surface area (Å²) >= 11 is 5.01. The molecule has 0 bridgehead atoms. The van der Waals surface area contributed by atoms with Gasteiger partial charge >= 0.3 is 6.36 Å². The number of alkyl halides is 3. The van der Waals surface area contributed by atoms with Crippen LogP contribution in [0.2, 0.25) is 0 Å². The molecule has 1 aromatic heterocycles. The van der Waals surface area contributed by atoms with Crippen molar-refractivity contribution in [1.29, 1.82) is 0 Å². The van der Waals surface area contributed by atoms with Crippen molar-refractivity contribution in [2.75, 3.05) is 18.4 Å². The van der Waals surface area contributed by atoms with Crippen LogP contribution in [0.5, 0.6) is 0 Å². The fourth-order valence-electron chi connectivity index (χ4n) is 1.96. The highest BCUT2D eigenvalue weighted by Gasteiger charge is 2.25. The van der Waals surface area contributed by atoms with E-state index < -0.39 is 6.36 Å². The summed E-state index contributed by atoms with van der Waals surface area (Å²) in [5, 5.41) is 9.67. The average molecular weight is 411 g/mol. The minimum absolute atomic E-state index is 0.150. The second kappa shape index (κ2) is 13.3. The molecule has 0 aromatic carbocycles. The van der Waals surface area contributed by atoms with Crippen molar-refractivity contribution >= 4 is 23.3 Å². The third-order valence-corrected chi connectivity index (χ3v) is 3.51. The number of carbonyl (C=O) groups excluding carboxylic acids is 1. The summed E-state index contributed by atoms with van der Waals surface area (Å²) < 4.78 is 29.7. The maximum atomic E-state index is 12.0. The van der Waals surface area contributed by atoms with Crippen molar-refractivity contribution in [3.05, 3.63) is 29.7 Å². The Kier molecular flexibility index (Phi) is 12.4. The minimum Gasteiger partial charge on any atom is -0.359 e. The number of amides is 1. The Morgan fingerprint density at radius 2 is 2.00 bits per heavy atom. The molecule has 0 unspecified atom stereocenters. The van der Waals surface area contributed by atoms with Crippen molar-refractivity contribution in [2.24, 2.45) is 0 Å². The van der Waals surface area contributed by atoms with Gasteiger partial charge < -0.3 is 15.3 Å². The predicted molar refractivity (Wildman–Crippen MR) is 99.2 cm³/mol. The number of nitrogens with one attached hydrogen (secondary N) is 1. The van der Waals surface area contributed by atoms with Crippen LogP contribution in [0.4, 0.5) is 19.0 Å². The highest BCUT2D eigenvalue weighted by Crippen LogP contribution is 2.12. The molecule has 0 aliphatic carbocycles. The summed E-state index contributed by atoms with van der Waals surface area (Å²) in [6, 6.07) is 1.69. The molecule has 0 spiro atoms. The molecule has 1 amide bonds. The summed E-state index contributed by atoms with van der Waals surface area (Å²) in [6.45, 7) is 7.63. The van der Waals surface area contributed by atoms with Gasteiger partial charge in [0.1, 0.15) is 18.2 Å². The van der Waals surface area contributed by atoms with Gasteiger partial charge in [0, 0.05) is 24.8 Å². The molecule has 1 aliphatic rings. The molecule has 1 atom stereocenters. The quantitative estimate of drug-likeness (QED) is 0.773. The monoisotopic (exact) mass is 410 g/mol. The van der Waals surface area contributed by atoms with Crippen LogP contribution in [0.25, 0.3) is 0 Å². The van der Waals surface area contributed by atoms with E-state index in [1.165, 1.54) is 5.54 Å². The number of hydrogen-bond donors (Lipinski definition) is 2. The third-order valence-electron chi connectivity index (χ3n) is 3.26. The van der Waals surface area contributed by atoms with E-state index in [9.17, 15) is 18.0 Å². The Labute approximate surface area is 162 Å². The highest BCUT2D eigenvalue weighted by atomic mass is 35.5. The Balaban J connectivity index is 0.000000630. The van der Waals surface area contributed by atoms with Crippen LogP contribution in [0.3, 0.4) is 0 Å². The molecule has 0 saturated carbocycles. The maximum absolute atomic E-state index is 12.0. The van der Waals surface area contributed by atoms with E-state index in [4.69, 9.17) is 16.7 Å². The van der Waals surface area contributed by atoms with Crippen molar-refractivity contribution in [3.8, 4) is 0 Å². The number of hydrogen-bond acceptors (Lipinski definition) is 5. The Bertz CT molecular complexity index is 572. The number of carbonyl (C=O) groups is 1. The number of rotatable bonds is 5. The van der Waals surface area contributed by atoms with Crippen molar-refractivity contribution < 1.29 is 23.1 Å². The van der Waals surface area contributed by atoms with Crippen LogP contribution in [0.1, 0.15) is 39.3 Å². The van der Waals surface area contributed by atoms with E-state index in [0.717, 1.165) is 43.9 Å². The molecule has 1 fully saturated rings. The lowest BCUT2D eigenvalue weighted by Crippen LogP contribution is -2.48. The lowest BCUT2D eigenvalue weighted by atomic mass is 10.1. The first kappa shape index (κ1) is 25.1. The number of aryl methyl sites for hydroxylation is 1. The molecule has 2 rings (SSSR count).